The van der Waals surface area contributed by atoms with Gasteiger partial charge in [-0.15, -0.1) is 21.5 Å². The van der Waals surface area contributed by atoms with Gasteiger partial charge in [0.2, 0.25) is 0 Å². The Morgan fingerprint density at radius 2 is 2.47 bits per heavy atom. The first kappa shape index (κ1) is 10.2. The Bertz CT molecular complexity index is 408. The quantitative estimate of drug-likeness (QED) is 0.803. The van der Waals surface area contributed by atoms with Crippen LogP contribution in [0.2, 0.25) is 0 Å². The second-order valence-electron chi connectivity index (χ2n) is 3.22. The second-order valence-corrected chi connectivity index (χ2v) is 4.54. The molecule has 15 heavy (non-hydrogen) atoms. The van der Waals surface area contributed by atoms with E-state index in [0.29, 0.717) is 5.82 Å². The largest absolute Gasteiger partial charge is 0.302 e. The molecule has 0 saturated heterocycles. The predicted octanol–water partition coefficient (Wildman–Crippen LogP) is 0.815. The number of aromatic amines is 1. The van der Waals surface area contributed by atoms with Crippen molar-refractivity contribution in [1.82, 2.24) is 30.9 Å². The van der Waals surface area contributed by atoms with Crippen LogP contribution in [0.5, 0.6) is 0 Å². The van der Waals surface area contributed by atoms with Crippen LogP contribution in [-0.4, -0.2) is 25.6 Å². The molecular formula is C8H12N6S. The summed E-state index contributed by atoms with van der Waals surface area (Å²) >= 11 is 1.69. The van der Waals surface area contributed by atoms with Crippen LogP contribution in [0.3, 0.4) is 0 Å². The molecule has 2 aromatic heterocycles. The van der Waals surface area contributed by atoms with Gasteiger partial charge in [-0.2, -0.15) is 5.21 Å². The molecule has 2 aromatic rings. The van der Waals surface area contributed by atoms with E-state index in [4.69, 9.17) is 0 Å². The molecule has 7 heteroatoms. The van der Waals surface area contributed by atoms with Gasteiger partial charge in [0.1, 0.15) is 0 Å². The standard InChI is InChI=1S/C8H12N6S/c1-5(8-11-13-14-12-8)9-3-7-4-10-6(2)15-7/h4-5,9H,3H2,1-2H3,(H,11,12,13,14). The molecule has 1 unspecified atom stereocenters. The molecule has 0 spiro atoms. The van der Waals surface area contributed by atoms with E-state index in [9.17, 15) is 0 Å². The molecule has 80 valence electrons. The summed E-state index contributed by atoms with van der Waals surface area (Å²) < 4.78 is 0. The van der Waals surface area contributed by atoms with Crippen LogP contribution in [0.1, 0.15) is 28.7 Å². The summed E-state index contributed by atoms with van der Waals surface area (Å²) in [7, 11) is 0. The molecule has 0 aromatic carbocycles. The number of nitrogens with one attached hydrogen (secondary N) is 2. The first-order valence-corrected chi connectivity index (χ1v) is 5.45. The van der Waals surface area contributed by atoms with Crippen LogP contribution < -0.4 is 5.32 Å². The number of H-pyrrole nitrogens is 1. The molecule has 0 aliphatic rings. The average molecular weight is 224 g/mol. The van der Waals surface area contributed by atoms with Crippen molar-refractivity contribution in [2.45, 2.75) is 26.4 Å². The van der Waals surface area contributed by atoms with Gasteiger partial charge in [0.15, 0.2) is 5.82 Å². The maximum Gasteiger partial charge on any atom is 0.191 e. The fourth-order valence-electron chi connectivity index (χ4n) is 1.18. The van der Waals surface area contributed by atoms with Crippen LogP contribution in [0.4, 0.5) is 0 Å². The molecule has 0 aliphatic carbocycles. The lowest BCUT2D eigenvalue weighted by Gasteiger charge is -2.07. The summed E-state index contributed by atoms with van der Waals surface area (Å²) in [6, 6.07) is 0.0890. The average Bonchev–Trinajstić information content (AvgIpc) is 2.84. The minimum absolute atomic E-state index is 0.0890. The molecule has 2 rings (SSSR count). The molecule has 6 nitrogen and oxygen atoms in total. The predicted molar refractivity (Wildman–Crippen MR) is 56.3 cm³/mol. The van der Waals surface area contributed by atoms with E-state index >= 15 is 0 Å². The zero-order chi connectivity index (χ0) is 10.7. The Labute approximate surface area is 91.1 Å². The summed E-state index contributed by atoms with van der Waals surface area (Å²) in [4.78, 5) is 5.40. The van der Waals surface area contributed by atoms with Crippen LogP contribution in [-0.2, 0) is 6.54 Å². The SMILES string of the molecule is Cc1ncc(CNC(C)c2nn[nH]n2)s1. The highest BCUT2D eigenvalue weighted by Crippen LogP contribution is 2.12. The molecule has 0 fully saturated rings. The number of rotatable bonds is 4. The molecular weight excluding hydrogens is 212 g/mol. The molecule has 0 radical (unpaired) electrons. The third-order valence-corrected chi connectivity index (χ3v) is 2.91. The first-order chi connectivity index (χ1) is 7.25. The zero-order valence-electron chi connectivity index (χ0n) is 8.56. The van der Waals surface area contributed by atoms with Crippen molar-refractivity contribution in [3.8, 4) is 0 Å². The first-order valence-electron chi connectivity index (χ1n) is 4.63. The van der Waals surface area contributed by atoms with Crippen molar-refractivity contribution < 1.29 is 0 Å². The van der Waals surface area contributed by atoms with Gasteiger partial charge in [0.05, 0.1) is 11.0 Å². The van der Waals surface area contributed by atoms with Gasteiger partial charge in [0, 0.05) is 17.6 Å². The summed E-state index contributed by atoms with van der Waals surface area (Å²) in [5.41, 5.74) is 0. The van der Waals surface area contributed by atoms with Gasteiger partial charge in [-0.1, -0.05) is 5.21 Å². The summed E-state index contributed by atoms with van der Waals surface area (Å²) in [6.07, 6.45) is 1.88. The minimum Gasteiger partial charge on any atom is -0.302 e. The number of hydrogen-bond acceptors (Lipinski definition) is 6. The number of aromatic nitrogens is 5. The highest BCUT2D eigenvalue weighted by molar-refractivity contribution is 7.11. The number of hydrogen-bond donors (Lipinski definition) is 2. The van der Waals surface area contributed by atoms with Gasteiger partial charge in [-0.05, 0) is 13.8 Å². The molecule has 0 amide bonds. The van der Waals surface area contributed by atoms with E-state index in [1.165, 1.54) is 4.88 Å². The minimum atomic E-state index is 0.0890. The van der Waals surface area contributed by atoms with Crippen molar-refractivity contribution in [2.75, 3.05) is 0 Å². The number of aryl methyl sites for hydroxylation is 1. The number of thiazole rings is 1. The van der Waals surface area contributed by atoms with Crippen molar-refractivity contribution in [3.63, 3.8) is 0 Å². The molecule has 2 N–H and O–H groups in total. The maximum absolute atomic E-state index is 4.19. The van der Waals surface area contributed by atoms with E-state index in [1.807, 2.05) is 20.0 Å². The summed E-state index contributed by atoms with van der Waals surface area (Å²) in [5, 5.41) is 18.2. The van der Waals surface area contributed by atoms with Crippen LogP contribution >= 0.6 is 11.3 Å². The van der Waals surface area contributed by atoms with Crippen LogP contribution in [0.25, 0.3) is 0 Å². The van der Waals surface area contributed by atoms with E-state index in [-0.39, 0.29) is 6.04 Å². The van der Waals surface area contributed by atoms with E-state index in [2.05, 4.69) is 30.9 Å². The van der Waals surface area contributed by atoms with E-state index in [1.54, 1.807) is 11.3 Å². The van der Waals surface area contributed by atoms with Crippen molar-refractivity contribution >= 4 is 11.3 Å². The molecule has 0 bridgehead atoms. The third-order valence-electron chi connectivity index (χ3n) is 2.00. The second kappa shape index (κ2) is 4.45. The Morgan fingerprint density at radius 3 is 3.07 bits per heavy atom. The topological polar surface area (TPSA) is 79.4 Å². The third kappa shape index (κ3) is 2.57. The zero-order valence-corrected chi connectivity index (χ0v) is 9.38. The van der Waals surface area contributed by atoms with Crippen molar-refractivity contribution in [1.29, 1.82) is 0 Å². The fraction of sp³-hybridized carbons (Fsp3) is 0.500. The number of nitrogens with zero attached hydrogens (tertiary/aromatic N) is 4. The normalized spacial score (nSPS) is 12.9. The Balaban J connectivity index is 1.88. The van der Waals surface area contributed by atoms with Crippen molar-refractivity contribution in [3.05, 3.63) is 21.9 Å². The highest BCUT2D eigenvalue weighted by atomic mass is 32.1. The lowest BCUT2D eigenvalue weighted by Crippen LogP contribution is -2.18. The van der Waals surface area contributed by atoms with Gasteiger partial charge < -0.3 is 5.32 Å². The lowest BCUT2D eigenvalue weighted by atomic mass is 10.3. The molecule has 0 aliphatic heterocycles. The monoisotopic (exact) mass is 224 g/mol. The number of tetrazole rings is 1. The van der Waals surface area contributed by atoms with Gasteiger partial charge in [-0.25, -0.2) is 4.98 Å². The van der Waals surface area contributed by atoms with Crippen LogP contribution in [0.15, 0.2) is 6.20 Å². The van der Waals surface area contributed by atoms with Gasteiger partial charge >= 0.3 is 0 Å². The summed E-state index contributed by atoms with van der Waals surface area (Å²) in [6.45, 7) is 4.77. The molecule has 2 heterocycles. The van der Waals surface area contributed by atoms with Crippen molar-refractivity contribution in [2.24, 2.45) is 0 Å². The Kier molecular flexibility index (Phi) is 3.02. The highest BCUT2D eigenvalue weighted by Gasteiger charge is 2.09. The Morgan fingerprint density at radius 1 is 1.60 bits per heavy atom. The van der Waals surface area contributed by atoms with E-state index in [0.717, 1.165) is 11.6 Å². The molecule has 0 saturated carbocycles. The maximum atomic E-state index is 4.19. The van der Waals surface area contributed by atoms with Gasteiger partial charge in [0.25, 0.3) is 0 Å². The van der Waals surface area contributed by atoms with Gasteiger partial charge in [-0.3, -0.25) is 0 Å². The van der Waals surface area contributed by atoms with E-state index < -0.39 is 0 Å². The Hall–Kier alpha value is -1.34. The fourth-order valence-corrected chi connectivity index (χ4v) is 1.93. The summed E-state index contributed by atoms with van der Waals surface area (Å²) in [5.74, 6) is 0.677. The smallest absolute Gasteiger partial charge is 0.191 e. The lowest BCUT2D eigenvalue weighted by molar-refractivity contribution is 0.550. The molecule has 1 atom stereocenters. The van der Waals surface area contributed by atoms with Crippen LogP contribution in [0, 0.1) is 6.92 Å².